The number of amides is 1. The van der Waals surface area contributed by atoms with Gasteiger partial charge in [0.15, 0.2) is 0 Å². The van der Waals surface area contributed by atoms with Crippen LogP contribution in [-0.4, -0.2) is 22.3 Å². The van der Waals surface area contributed by atoms with Gasteiger partial charge in [0, 0.05) is 5.69 Å². The van der Waals surface area contributed by atoms with Gasteiger partial charge in [-0.3, -0.25) is 9.48 Å². The van der Waals surface area contributed by atoms with E-state index in [4.69, 9.17) is 23.2 Å². The zero-order chi connectivity index (χ0) is 18.7. The Hall–Kier alpha value is -2.00. The summed E-state index contributed by atoms with van der Waals surface area (Å²) in [6.45, 7) is -1.96. The number of nitrogens with one attached hydrogen (secondary N) is 1. The molecule has 0 bridgehead atoms. The molecule has 11 heteroatoms. The van der Waals surface area contributed by atoms with Gasteiger partial charge in [-0.25, -0.2) is 8.78 Å². The van der Waals surface area contributed by atoms with Crippen LogP contribution in [0.2, 0.25) is 10.0 Å². The van der Waals surface area contributed by atoms with Crippen molar-refractivity contribution in [3.8, 4) is 5.75 Å². The van der Waals surface area contributed by atoms with E-state index in [0.29, 0.717) is 0 Å². The second kappa shape index (κ2) is 7.92. The Balaban J connectivity index is 2.08. The maximum Gasteiger partial charge on any atom is 0.387 e. The number of ether oxygens (including phenoxy) is 1. The Labute approximate surface area is 149 Å². The van der Waals surface area contributed by atoms with Gasteiger partial charge in [0.25, 0.3) is 6.43 Å². The van der Waals surface area contributed by atoms with Crippen LogP contribution in [0, 0.1) is 6.92 Å². The third kappa shape index (κ3) is 4.76. The van der Waals surface area contributed by atoms with Crippen molar-refractivity contribution in [1.82, 2.24) is 9.78 Å². The first-order valence-corrected chi connectivity index (χ1v) is 7.49. The fourth-order valence-electron chi connectivity index (χ4n) is 1.95. The molecule has 136 valence electrons. The smallest absolute Gasteiger partial charge is 0.387 e. The molecule has 1 aromatic carbocycles. The number of nitrogens with zero attached hydrogens (tertiary/aromatic N) is 2. The highest BCUT2D eigenvalue weighted by Gasteiger charge is 2.21. The van der Waals surface area contributed by atoms with Crippen LogP contribution in [0.15, 0.2) is 18.2 Å². The lowest BCUT2D eigenvalue weighted by atomic mass is 10.3. The normalized spacial score (nSPS) is 11.2. The van der Waals surface area contributed by atoms with Gasteiger partial charge >= 0.3 is 6.61 Å². The number of aromatic nitrogens is 2. The van der Waals surface area contributed by atoms with Gasteiger partial charge in [-0.15, -0.1) is 0 Å². The molecule has 0 aliphatic heterocycles. The fraction of sp³-hybridized carbons (Fsp3) is 0.286. The van der Waals surface area contributed by atoms with E-state index in [1.807, 2.05) is 0 Å². The van der Waals surface area contributed by atoms with E-state index in [1.165, 1.54) is 19.1 Å². The Morgan fingerprint density at radius 3 is 2.52 bits per heavy atom. The molecule has 1 N–H and O–H groups in total. The molecule has 25 heavy (non-hydrogen) atoms. The van der Waals surface area contributed by atoms with Crippen LogP contribution in [0.1, 0.15) is 17.8 Å². The van der Waals surface area contributed by atoms with Crippen LogP contribution in [0.25, 0.3) is 0 Å². The molecule has 0 saturated heterocycles. The van der Waals surface area contributed by atoms with E-state index in [-0.39, 0.29) is 33.7 Å². The molecule has 0 radical (unpaired) electrons. The largest absolute Gasteiger partial charge is 0.433 e. The quantitative estimate of drug-likeness (QED) is 0.717. The minimum absolute atomic E-state index is 0.128. The molecule has 2 aromatic rings. The van der Waals surface area contributed by atoms with E-state index in [9.17, 15) is 22.4 Å². The summed E-state index contributed by atoms with van der Waals surface area (Å²) in [5.74, 6) is -0.840. The Bertz CT molecular complexity index is 784. The number of hydrogen-bond acceptors (Lipinski definition) is 3. The number of benzene rings is 1. The minimum Gasteiger partial charge on any atom is -0.433 e. The van der Waals surface area contributed by atoms with Crippen LogP contribution in [0.3, 0.4) is 0 Å². The van der Waals surface area contributed by atoms with E-state index < -0.39 is 24.6 Å². The zero-order valence-corrected chi connectivity index (χ0v) is 14.1. The molecule has 0 spiro atoms. The van der Waals surface area contributed by atoms with Crippen molar-refractivity contribution >= 4 is 34.8 Å². The number of carbonyl (C=O) groups is 1. The Morgan fingerprint density at radius 2 is 2.00 bits per heavy atom. The average Bonchev–Trinajstić information content (AvgIpc) is 2.78. The molecule has 1 heterocycles. The highest BCUT2D eigenvalue weighted by Crippen LogP contribution is 2.30. The monoisotopic (exact) mass is 399 g/mol. The number of rotatable bonds is 6. The molecule has 5 nitrogen and oxygen atoms in total. The fourth-order valence-corrected chi connectivity index (χ4v) is 2.39. The number of halogens is 6. The lowest BCUT2D eigenvalue weighted by Crippen LogP contribution is -2.20. The summed E-state index contributed by atoms with van der Waals surface area (Å²) in [4.78, 5) is 12.0. The van der Waals surface area contributed by atoms with Crippen molar-refractivity contribution in [3.63, 3.8) is 0 Å². The third-order valence-electron chi connectivity index (χ3n) is 3.09. The molecule has 0 aliphatic rings. The first-order chi connectivity index (χ1) is 11.7. The van der Waals surface area contributed by atoms with Gasteiger partial charge in [-0.05, 0) is 25.1 Å². The predicted octanol–water partition coefficient (Wildman–Crippen LogP) is 4.68. The van der Waals surface area contributed by atoms with Crippen molar-refractivity contribution in [2.24, 2.45) is 0 Å². The van der Waals surface area contributed by atoms with E-state index in [2.05, 4.69) is 15.2 Å². The summed E-state index contributed by atoms with van der Waals surface area (Å²) < 4.78 is 55.0. The summed E-state index contributed by atoms with van der Waals surface area (Å²) in [7, 11) is 0. The molecule has 0 aliphatic carbocycles. The summed E-state index contributed by atoms with van der Waals surface area (Å²) in [6, 6.07) is 3.68. The highest BCUT2D eigenvalue weighted by molar-refractivity contribution is 6.32. The van der Waals surface area contributed by atoms with Crippen LogP contribution >= 0.6 is 23.2 Å². The molecule has 0 fully saturated rings. The van der Waals surface area contributed by atoms with E-state index >= 15 is 0 Å². The maximum absolute atomic E-state index is 12.7. The lowest BCUT2D eigenvalue weighted by molar-refractivity contribution is -0.117. The SMILES string of the molecule is Cc1c(Cl)c(C(F)F)nn1CC(=O)Nc1ccc(OC(F)F)c(Cl)c1. The lowest BCUT2D eigenvalue weighted by Gasteiger charge is -2.10. The van der Waals surface area contributed by atoms with Gasteiger partial charge in [-0.2, -0.15) is 13.9 Å². The number of anilines is 1. The van der Waals surface area contributed by atoms with Crippen molar-refractivity contribution in [2.45, 2.75) is 26.5 Å². The van der Waals surface area contributed by atoms with Gasteiger partial charge < -0.3 is 10.1 Å². The first-order valence-electron chi connectivity index (χ1n) is 6.74. The van der Waals surface area contributed by atoms with Crippen molar-refractivity contribution in [2.75, 3.05) is 5.32 Å². The Kier molecular flexibility index (Phi) is 6.12. The molecular weight excluding hydrogens is 389 g/mol. The average molecular weight is 400 g/mol. The molecule has 0 unspecified atom stereocenters. The standard InChI is InChI=1S/C14H11Cl2F4N3O2/c1-6-11(16)12(13(17)18)22-23(6)5-10(24)21-7-2-3-9(8(15)4-7)25-14(19)20/h2-4,13-14H,5H2,1H3,(H,21,24). The van der Waals surface area contributed by atoms with Gasteiger partial charge in [0.2, 0.25) is 5.91 Å². The second-order valence-corrected chi connectivity index (χ2v) is 5.60. The topological polar surface area (TPSA) is 56.2 Å². The van der Waals surface area contributed by atoms with Crippen molar-refractivity contribution in [1.29, 1.82) is 0 Å². The molecule has 1 amide bonds. The Morgan fingerprint density at radius 1 is 1.32 bits per heavy atom. The van der Waals surface area contributed by atoms with Gasteiger partial charge in [-0.1, -0.05) is 23.2 Å². The van der Waals surface area contributed by atoms with E-state index in [1.54, 1.807) is 0 Å². The van der Waals surface area contributed by atoms with Crippen LogP contribution in [0.5, 0.6) is 5.75 Å². The van der Waals surface area contributed by atoms with Gasteiger partial charge in [0.05, 0.1) is 15.7 Å². The summed E-state index contributed by atoms with van der Waals surface area (Å²) in [6.07, 6.45) is -2.86. The van der Waals surface area contributed by atoms with Crippen LogP contribution in [0.4, 0.5) is 23.2 Å². The molecular formula is C14H11Cl2F4N3O2. The minimum atomic E-state index is -3.03. The van der Waals surface area contributed by atoms with Crippen LogP contribution < -0.4 is 10.1 Å². The van der Waals surface area contributed by atoms with Crippen molar-refractivity contribution < 1.29 is 27.1 Å². The second-order valence-electron chi connectivity index (χ2n) is 4.81. The predicted molar refractivity (Wildman–Crippen MR) is 83.6 cm³/mol. The van der Waals surface area contributed by atoms with Crippen molar-refractivity contribution in [3.05, 3.63) is 39.6 Å². The molecule has 0 saturated carbocycles. The number of carbonyl (C=O) groups excluding carboxylic acids is 1. The first kappa shape index (κ1) is 19.3. The molecule has 1 aromatic heterocycles. The number of alkyl halides is 4. The molecule has 0 atom stereocenters. The zero-order valence-electron chi connectivity index (χ0n) is 12.6. The summed E-state index contributed by atoms with van der Waals surface area (Å²) >= 11 is 11.5. The number of hydrogen-bond donors (Lipinski definition) is 1. The maximum atomic E-state index is 12.7. The third-order valence-corrected chi connectivity index (χ3v) is 3.85. The summed E-state index contributed by atoms with van der Waals surface area (Å²) in [5.41, 5.74) is -0.184. The highest BCUT2D eigenvalue weighted by atomic mass is 35.5. The summed E-state index contributed by atoms with van der Waals surface area (Å²) in [5, 5.41) is 5.70. The van der Waals surface area contributed by atoms with Gasteiger partial charge in [0.1, 0.15) is 18.0 Å². The van der Waals surface area contributed by atoms with Crippen LogP contribution in [-0.2, 0) is 11.3 Å². The van der Waals surface area contributed by atoms with E-state index in [0.717, 1.165) is 10.7 Å². The molecule has 2 rings (SSSR count).